The number of pyridine rings is 1. The second kappa shape index (κ2) is 7.80. The molecule has 0 radical (unpaired) electrons. The maximum atomic E-state index is 12.5. The standard InChI is InChI=1S/C22H21ClN2O2/c1-22(2,3)15-10-12-16(13-11-15)27-21-19(9-6-14-24-21)25-20(26)17-7-4-5-8-18(17)23/h4-14H,1-3H3,(H,25,26). The fourth-order valence-corrected chi connectivity index (χ4v) is 2.76. The minimum atomic E-state index is -0.318. The lowest BCUT2D eigenvalue weighted by Crippen LogP contribution is -2.13. The molecule has 3 aromatic rings. The summed E-state index contributed by atoms with van der Waals surface area (Å²) in [5.74, 6) is 0.651. The molecule has 0 aliphatic rings. The number of halogens is 1. The molecule has 0 spiro atoms. The first-order valence-electron chi connectivity index (χ1n) is 8.64. The number of hydrogen-bond acceptors (Lipinski definition) is 3. The molecule has 1 amide bonds. The van der Waals surface area contributed by atoms with Gasteiger partial charge in [0, 0.05) is 6.20 Å². The fourth-order valence-electron chi connectivity index (χ4n) is 2.54. The molecule has 1 aromatic heterocycles. The summed E-state index contributed by atoms with van der Waals surface area (Å²) in [4.78, 5) is 16.8. The SMILES string of the molecule is CC(C)(C)c1ccc(Oc2ncccc2NC(=O)c2ccccc2Cl)cc1. The van der Waals surface area contributed by atoms with E-state index < -0.39 is 0 Å². The van der Waals surface area contributed by atoms with Crippen molar-refractivity contribution in [1.29, 1.82) is 0 Å². The van der Waals surface area contributed by atoms with E-state index >= 15 is 0 Å². The molecular weight excluding hydrogens is 360 g/mol. The van der Waals surface area contributed by atoms with E-state index in [1.54, 1.807) is 42.6 Å². The van der Waals surface area contributed by atoms with Gasteiger partial charge >= 0.3 is 0 Å². The van der Waals surface area contributed by atoms with Crippen molar-refractivity contribution >= 4 is 23.2 Å². The number of benzene rings is 2. The number of ether oxygens (including phenoxy) is 1. The Labute approximate surface area is 164 Å². The number of anilines is 1. The Morgan fingerprint density at radius 3 is 2.37 bits per heavy atom. The maximum Gasteiger partial charge on any atom is 0.257 e. The zero-order valence-electron chi connectivity index (χ0n) is 15.5. The van der Waals surface area contributed by atoms with Gasteiger partial charge < -0.3 is 10.1 Å². The Balaban J connectivity index is 1.80. The third-order valence-corrected chi connectivity index (χ3v) is 4.40. The molecule has 2 aromatic carbocycles. The summed E-state index contributed by atoms with van der Waals surface area (Å²) in [7, 11) is 0. The lowest BCUT2D eigenvalue weighted by Gasteiger charge is -2.19. The van der Waals surface area contributed by atoms with E-state index in [2.05, 4.69) is 31.1 Å². The molecule has 1 heterocycles. The number of carbonyl (C=O) groups is 1. The average Bonchev–Trinajstić information content (AvgIpc) is 2.63. The van der Waals surface area contributed by atoms with Crippen molar-refractivity contribution in [2.75, 3.05) is 5.32 Å². The van der Waals surface area contributed by atoms with Crippen LogP contribution in [-0.2, 0) is 5.41 Å². The highest BCUT2D eigenvalue weighted by molar-refractivity contribution is 6.34. The van der Waals surface area contributed by atoms with Crippen LogP contribution in [0.1, 0.15) is 36.7 Å². The van der Waals surface area contributed by atoms with Gasteiger partial charge in [-0.05, 0) is 47.4 Å². The molecule has 0 fully saturated rings. The van der Waals surface area contributed by atoms with Gasteiger partial charge in [-0.1, -0.05) is 56.6 Å². The average molecular weight is 381 g/mol. The molecule has 0 unspecified atom stereocenters. The van der Waals surface area contributed by atoms with Crippen LogP contribution in [0.15, 0.2) is 66.9 Å². The van der Waals surface area contributed by atoms with Gasteiger partial charge in [-0.25, -0.2) is 4.98 Å². The first-order chi connectivity index (χ1) is 12.8. The summed E-state index contributed by atoms with van der Waals surface area (Å²) in [6.07, 6.45) is 1.62. The van der Waals surface area contributed by atoms with Gasteiger partial charge in [0.25, 0.3) is 5.91 Å². The third kappa shape index (κ3) is 4.66. The van der Waals surface area contributed by atoms with Gasteiger partial charge in [-0.3, -0.25) is 4.79 Å². The van der Waals surface area contributed by atoms with E-state index in [-0.39, 0.29) is 11.3 Å². The fraction of sp³-hybridized carbons (Fsp3) is 0.182. The van der Waals surface area contributed by atoms with E-state index in [1.165, 1.54) is 5.56 Å². The lowest BCUT2D eigenvalue weighted by molar-refractivity contribution is 0.102. The Kier molecular flexibility index (Phi) is 5.47. The van der Waals surface area contributed by atoms with Crippen LogP contribution in [0.5, 0.6) is 11.6 Å². The van der Waals surface area contributed by atoms with Gasteiger partial charge in [0.2, 0.25) is 5.88 Å². The molecule has 0 bridgehead atoms. The van der Waals surface area contributed by atoms with Crippen molar-refractivity contribution in [1.82, 2.24) is 4.98 Å². The van der Waals surface area contributed by atoms with E-state index in [1.807, 2.05) is 24.3 Å². The molecule has 0 atom stereocenters. The minimum absolute atomic E-state index is 0.0671. The second-order valence-electron chi connectivity index (χ2n) is 7.17. The molecule has 0 saturated carbocycles. The number of nitrogens with zero attached hydrogens (tertiary/aromatic N) is 1. The zero-order chi connectivity index (χ0) is 19.4. The number of aromatic nitrogens is 1. The predicted octanol–water partition coefficient (Wildman–Crippen LogP) is 6.08. The van der Waals surface area contributed by atoms with Gasteiger partial charge in [0.05, 0.1) is 10.6 Å². The summed E-state index contributed by atoms with van der Waals surface area (Å²) in [5.41, 5.74) is 2.14. The minimum Gasteiger partial charge on any atom is -0.437 e. The van der Waals surface area contributed by atoms with Crippen molar-refractivity contribution in [3.8, 4) is 11.6 Å². The van der Waals surface area contributed by atoms with Crippen LogP contribution in [0.2, 0.25) is 5.02 Å². The second-order valence-corrected chi connectivity index (χ2v) is 7.57. The molecule has 4 nitrogen and oxygen atoms in total. The van der Waals surface area contributed by atoms with Crippen LogP contribution in [0.4, 0.5) is 5.69 Å². The van der Waals surface area contributed by atoms with Crippen molar-refractivity contribution in [3.05, 3.63) is 83.0 Å². The molecular formula is C22H21ClN2O2. The van der Waals surface area contributed by atoms with E-state index in [0.717, 1.165) is 0 Å². The Hall–Kier alpha value is -2.85. The number of rotatable bonds is 4. The summed E-state index contributed by atoms with van der Waals surface area (Å²) >= 11 is 6.10. The molecule has 27 heavy (non-hydrogen) atoms. The summed E-state index contributed by atoms with van der Waals surface area (Å²) in [5, 5.41) is 3.20. The van der Waals surface area contributed by atoms with Crippen molar-refractivity contribution < 1.29 is 9.53 Å². The third-order valence-electron chi connectivity index (χ3n) is 4.07. The van der Waals surface area contributed by atoms with Crippen LogP contribution in [-0.4, -0.2) is 10.9 Å². The summed E-state index contributed by atoms with van der Waals surface area (Å²) in [6.45, 7) is 6.47. The summed E-state index contributed by atoms with van der Waals surface area (Å²) in [6, 6.07) is 18.2. The van der Waals surface area contributed by atoms with Gasteiger partial charge in [0.15, 0.2) is 0 Å². The van der Waals surface area contributed by atoms with Gasteiger partial charge in [-0.15, -0.1) is 0 Å². The maximum absolute atomic E-state index is 12.5. The van der Waals surface area contributed by atoms with E-state index in [0.29, 0.717) is 27.9 Å². The quantitative estimate of drug-likeness (QED) is 0.597. The first kappa shape index (κ1) is 18.9. The summed E-state index contributed by atoms with van der Waals surface area (Å²) < 4.78 is 5.89. The topological polar surface area (TPSA) is 51.2 Å². The molecule has 138 valence electrons. The largest absolute Gasteiger partial charge is 0.437 e. The smallest absolute Gasteiger partial charge is 0.257 e. The number of hydrogen-bond donors (Lipinski definition) is 1. The van der Waals surface area contributed by atoms with Gasteiger partial charge in [0.1, 0.15) is 11.4 Å². The molecule has 5 heteroatoms. The number of carbonyl (C=O) groups excluding carboxylic acids is 1. The normalized spacial score (nSPS) is 11.1. The predicted molar refractivity (Wildman–Crippen MR) is 109 cm³/mol. The van der Waals surface area contributed by atoms with E-state index in [9.17, 15) is 4.79 Å². The highest BCUT2D eigenvalue weighted by Gasteiger charge is 2.15. The zero-order valence-corrected chi connectivity index (χ0v) is 16.2. The molecule has 0 aliphatic carbocycles. The molecule has 3 rings (SSSR count). The number of nitrogens with one attached hydrogen (secondary N) is 1. The monoisotopic (exact) mass is 380 g/mol. The van der Waals surface area contributed by atoms with Crippen molar-refractivity contribution in [3.63, 3.8) is 0 Å². The van der Waals surface area contributed by atoms with Crippen molar-refractivity contribution in [2.24, 2.45) is 0 Å². The molecule has 0 saturated heterocycles. The number of amides is 1. The lowest BCUT2D eigenvalue weighted by atomic mass is 9.87. The van der Waals surface area contributed by atoms with Gasteiger partial charge in [-0.2, -0.15) is 0 Å². The van der Waals surface area contributed by atoms with E-state index in [4.69, 9.17) is 16.3 Å². The molecule has 0 aliphatic heterocycles. The Morgan fingerprint density at radius 2 is 1.70 bits per heavy atom. The Bertz CT molecular complexity index is 947. The van der Waals surface area contributed by atoms with Crippen LogP contribution in [0, 0.1) is 0 Å². The van der Waals surface area contributed by atoms with Crippen LogP contribution >= 0.6 is 11.6 Å². The van der Waals surface area contributed by atoms with Crippen LogP contribution < -0.4 is 10.1 Å². The highest BCUT2D eigenvalue weighted by atomic mass is 35.5. The van der Waals surface area contributed by atoms with Crippen LogP contribution in [0.25, 0.3) is 0 Å². The van der Waals surface area contributed by atoms with Crippen molar-refractivity contribution in [2.45, 2.75) is 26.2 Å². The first-order valence-corrected chi connectivity index (χ1v) is 9.02. The Morgan fingerprint density at radius 1 is 1.00 bits per heavy atom. The molecule has 1 N–H and O–H groups in total. The highest BCUT2D eigenvalue weighted by Crippen LogP contribution is 2.30. The van der Waals surface area contributed by atoms with Crippen LogP contribution in [0.3, 0.4) is 0 Å².